The summed E-state index contributed by atoms with van der Waals surface area (Å²) in [7, 11) is 0. The highest BCUT2D eigenvalue weighted by atomic mass is 16.5. The third kappa shape index (κ3) is 2.96. The van der Waals surface area contributed by atoms with Crippen molar-refractivity contribution in [2.24, 2.45) is 0 Å². The van der Waals surface area contributed by atoms with E-state index in [1.54, 1.807) is 48.8 Å². The summed E-state index contributed by atoms with van der Waals surface area (Å²) in [5, 5.41) is 19.4. The number of hydrogen-bond donors (Lipinski definition) is 1. The molecule has 24 heavy (non-hydrogen) atoms. The van der Waals surface area contributed by atoms with Gasteiger partial charge >= 0.3 is 0 Å². The van der Waals surface area contributed by atoms with Crippen LogP contribution in [0.25, 0.3) is 22.6 Å². The van der Waals surface area contributed by atoms with Crippen molar-refractivity contribution in [1.82, 2.24) is 14.7 Å². The van der Waals surface area contributed by atoms with Crippen LogP contribution in [0.3, 0.4) is 0 Å². The predicted octanol–water partition coefficient (Wildman–Crippen LogP) is 3.29. The largest absolute Gasteiger partial charge is 0.488 e. The van der Waals surface area contributed by atoms with E-state index in [1.807, 2.05) is 0 Å². The molecule has 6 nitrogen and oxygen atoms in total. The van der Waals surface area contributed by atoms with Gasteiger partial charge in [-0.1, -0.05) is 12.7 Å². The molecule has 0 saturated carbocycles. The maximum absolute atomic E-state index is 10.1. The van der Waals surface area contributed by atoms with E-state index in [0.29, 0.717) is 35.0 Å². The van der Waals surface area contributed by atoms with Crippen LogP contribution in [0.1, 0.15) is 5.56 Å². The van der Waals surface area contributed by atoms with Gasteiger partial charge in [0.1, 0.15) is 18.4 Å². The second-order valence-corrected chi connectivity index (χ2v) is 4.95. The minimum atomic E-state index is 0.314. The first-order valence-electron chi connectivity index (χ1n) is 7.20. The molecule has 0 atom stereocenters. The van der Waals surface area contributed by atoms with E-state index in [1.165, 1.54) is 6.20 Å². The van der Waals surface area contributed by atoms with Crippen molar-refractivity contribution in [3.8, 4) is 34.5 Å². The van der Waals surface area contributed by atoms with Gasteiger partial charge in [-0.2, -0.15) is 9.99 Å². The standard InChI is InChI=1S/C18H14N4O2/c1-2-9-24-17-4-3-14(10-15(17)11-19)18-21-16(12-22(18)23)13-5-7-20-8-6-13/h2-8,10,12,23H,1,9H2. The fourth-order valence-electron chi connectivity index (χ4n) is 2.26. The summed E-state index contributed by atoms with van der Waals surface area (Å²) in [5.74, 6) is 0.806. The van der Waals surface area contributed by atoms with Gasteiger partial charge in [-0.3, -0.25) is 4.98 Å². The zero-order valence-corrected chi connectivity index (χ0v) is 12.8. The third-order valence-electron chi connectivity index (χ3n) is 3.38. The number of hydrogen-bond acceptors (Lipinski definition) is 5. The second-order valence-electron chi connectivity index (χ2n) is 4.95. The van der Waals surface area contributed by atoms with Gasteiger partial charge in [0.2, 0.25) is 0 Å². The Bertz CT molecular complexity index is 911. The Labute approximate surface area is 138 Å². The molecule has 1 aromatic carbocycles. The van der Waals surface area contributed by atoms with E-state index in [2.05, 4.69) is 22.6 Å². The summed E-state index contributed by atoms with van der Waals surface area (Å²) in [6.07, 6.45) is 6.44. The van der Waals surface area contributed by atoms with E-state index in [-0.39, 0.29) is 0 Å². The SMILES string of the molecule is C=CCOc1ccc(-c2nc(-c3ccncc3)cn2O)cc1C#N. The van der Waals surface area contributed by atoms with Crippen LogP contribution >= 0.6 is 0 Å². The Kier molecular flexibility index (Phi) is 4.25. The van der Waals surface area contributed by atoms with Gasteiger partial charge in [0.25, 0.3) is 0 Å². The molecule has 0 unspecified atom stereocenters. The number of nitrogens with zero attached hydrogens (tertiary/aromatic N) is 4. The second kappa shape index (κ2) is 6.67. The minimum absolute atomic E-state index is 0.314. The Morgan fingerprint density at radius 1 is 1.25 bits per heavy atom. The zero-order chi connectivity index (χ0) is 16.9. The molecule has 2 heterocycles. The molecule has 2 aromatic heterocycles. The summed E-state index contributed by atoms with van der Waals surface area (Å²) in [5.41, 5.74) is 2.43. The molecule has 6 heteroatoms. The molecule has 118 valence electrons. The average Bonchev–Trinajstić information content (AvgIpc) is 3.02. The van der Waals surface area contributed by atoms with Gasteiger partial charge < -0.3 is 9.94 Å². The highest BCUT2D eigenvalue weighted by molar-refractivity contribution is 5.66. The summed E-state index contributed by atoms with van der Waals surface area (Å²) in [4.78, 5) is 8.40. The molecule has 0 aliphatic rings. The zero-order valence-electron chi connectivity index (χ0n) is 12.8. The lowest BCUT2D eigenvalue weighted by Crippen LogP contribution is -1.97. The van der Waals surface area contributed by atoms with E-state index in [4.69, 9.17) is 4.74 Å². The van der Waals surface area contributed by atoms with Crippen molar-refractivity contribution >= 4 is 0 Å². The van der Waals surface area contributed by atoms with Crippen LogP contribution in [-0.2, 0) is 0 Å². The van der Waals surface area contributed by atoms with Gasteiger partial charge in [-0.05, 0) is 30.3 Å². The number of nitriles is 1. The average molecular weight is 318 g/mol. The fraction of sp³-hybridized carbons (Fsp3) is 0.0556. The Morgan fingerprint density at radius 3 is 2.75 bits per heavy atom. The molecule has 0 radical (unpaired) electrons. The van der Waals surface area contributed by atoms with E-state index < -0.39 is 0 Å². The third-order valence-corrected chi connectivity index (χ3v) is 3.38. The predicted molar refractivity (Wildman–Crippen MR) is 88.5 cm³/mol. The van der Waals surface area contributed by atoms with Crippen LogP contribution in [0, 0.1) is 11.3 Å². The Balaban J connectivity index is 1.99. The molecule has 0 fully saturated rings. The topological polar surface area (TPSA) is 84.0 Å². The molecule has 1 N–H and O–H groups in total. The fourth-order valence-corrected chi connectivity index (χ4v) is 2.26. The van der Waals surface area contributed by atoms with Crippen LogP contribution in [0.5, 0.6) is 5.75 Å². The lowest BCUT2D eigenvalue weighted by Gasteiger charge is -2.07. The molecule has 3 rings (SSSR count). The Morgan fingerprint density at radius 2 is 2.04 bits per heavy atom. The lowest BCUT2D eigenvalue weighted by molar-refractivity contribution is 0.191. The smallest absolute Gasteiger partial charge is 0.175 e. The Hall–Kier alpha value is -3.59. The van der Waals surface area contributed by atoms with Crippen molar-refractivity contribution in [3.05, 3.63) is 67.1 Å². The normalized spacial score (nSPS) is 10.1. The number of imidazole rings is 1. The van der Waals surface area contributed by atoms with Gasteiger partial charge in [-0.15, -0.1) is 0 Å². The van der Waals surface area contributed by atoms with Crippen molar-refractivity contribution in [1.29, 1.82) is 5.26 Å². The van der Waals surface area contributed by atoms with Crippen molar-refractivity contribution in [2.75, 3.05) is 6.61 Å². The van der Waals surface area contributed by atoms with Crippen LogP contribution in [0.4, 0.5) is 0 Å². The van der Waals surface area contributed by atoms with Crippen LogP contribution < -0.4 is 4.74 Å². The molecule has 3 aromatic rings. The monoisotopic (exact) mass is 318 g/mol. The number of ether oxygens (including phenoxy) is 1. The molecule has 0 aliphatic heterocycles. The molecule has 0 bridgehead atoms. The summed E-state index contributed by atoms with van der Waals surface area (Å²) >= 11 is 0. The lowest BCUT2D eigenvalue weighted by atomic mass is 10.1. The van der Waals surface area contributed by atoms with E-state index in [0.717, 1.165) is 10.3 Å². The van der Waals surface area contributed by atoms with Crippen molar-refractivity contribution in [3.63, 3.8) is 0 Å². The van der Waals surface area contributed by atoms with Crippen LogP contribution in [-0.4, -0.2) is 26.5 Å². The minimum Gasteiger partial charge on any atom is -0.488 e. The maximum atomic E-state index is 10.1. The number of rotatable bonds is 5. The molecule has 0 aliphatic carbocycles. The van der Waals surface area contributed by atoms with Gasteiger partial charge in [0.15, 0.2) is 5.82 Å². The van der Waals surface area contributed by atoms with Crippen molar-refractivity contribution < 1.29 is 9.94 Å². The molecule has 0 saturated heterocycles. The first kappa shape index (κ1) is 15.3. The maximum Gasteiger partial charge on any atom is 0.175 e. The molecular formula is C18H14N4O2. The number of aromatic nitrogens is 3. The quantitative estimate of drug-likeness (QED) is 0.576. The highest BCUT2D eigenvalue weighted by Gasteiger charge is 2.13. The first-order chi connectivity index (χ1) is 11.7. The number of pyridine rings is 1. The van der Waals surface area contributed by atoms with Crippen molar-refractivity contribution in [2.45, 2.75) is 0 Å². The van der Waals surface area contributed by atoms with Gasteiger partial charge in [-0.25, -0.2) is 4.98 Å². The molecular weight excluding hydrogens is 304 g/mol. The molecule has 0 spiro atoms. The summed E-state index contributed by atoms with van der Waals surface area (Å²) in [6.45, 7) is 3.90. The molecule has 0 amide bonds. The summed E-state index contributed by atoms with van der Waals surface area (Å²) in [6, 6.07) is 10.7. The van der Waals surface area contributed by atoms with Gasteiger partial charge in [0, 0.05) is 23.5 Å². The van der Waals surface area contributed by atoms with E-state index >= 15 is 0 Å². The first-order valence-corrected chi connectivity index (χ1v) is 7.20. The number of benzene rings is 1. The van der Waals surface area contributed by atoms with Crippen LogP contribution in [0.2, 0.25) is 0 Å². The van der Waals surface area contributed by atoms with Gasteiger partial charge in [0.05, 0.1) is 17.5 Å². The van der Waals surface area contributed by atoms with Crippen LogP contribution in [0.15, 0.2) is 61.6 Å². The summed E-state index contributed by atoms with van der Waals surface area (Å²) < 4.78 is 6.38. The van der Waals surface area contributed by atoms with E-state index in [9.17, 15) is 10.5 Å². The highest BCUT2D eigenvalue weighted by Crippen LogP contribution is 2.28.